The number of anilines is 1. The fraction of sp³-hybridized carbons (Fsp3) is 0.444. The molecule has 3 rings (SSSR count). The summed E-state index contributed by atoms with van der Waals surface area (Å²) in [7, 11) is 0. The molecule has 0 bridgehead atoms. The van der Waals surface area contributed by atoms with Crippen LogP contribution in [0.2, 0.25) is 0 Å². The number of nitrogens with one attached hydrogen (secondary N) is 1. The van der Waals surface area contributed by atoms with Crippen molar-refractivity contribution in [3.8, 4) is 0 Å². The van der Waals surface area contributed by atoms with Crippen LogP contribution in [-0.4, -0.2) is 40.8 Å². The minimum atomic E-state index is -0.324. The summed E-state index contributed by atoms with van der Waals surface area (Å²) in [6.45, 7) is 3.38. The number of ether oxygens (including phenoxy) is 1. The summed E-state index contributed by atoms with van der Waals surface area (Å²) >= 11 is 0. The van der Waals surface area contributed by atoms with Crippen molar-refractivity contribution in [2.75, 3.05) is 24.6 Å². The lowest BCUT2D eigenvalue weighted by molar-refractivity contribution is -0.148. The number of aromatic amines is 1. The first-order valence-corrected chi connectivity index (χ1v) is 8.68. The van der Waals surface area contributed by atoms with Gasteiger partial charge in [-0.1, -0.05) is 12.1 Å². The largest absolute Gasteiger partial charge is 0.466 e. The maximum atomic E-state index is 13.0. The van der Waals surface area contributed by atoms with Gasteiger partial charge in [0.1, 0.15) is 11.5 Å². The highest BCUT2D eigenvalue weighted by Crippen LogP contribution is 2.21. The molecule has 0 saturated carbocycles. The summed E-state index contributed by atoms with van der Waals surface area (Å²) in [6.07, 6.45) is 1.59. The van der Waals surface area contributed by atoms with Crippen LogP contribution in [0.5, 0.6) is 0 Å². The van der Waals surface area contributed by atoms with Crippen LogP contribution < -0.4 is 10.5 Å². The third-order valence-corrected chi connectivity index (χ3v) is 4.45. The SMILES string of the molecule is CCOC(=O)C1CCN(c2nnc(Cc3ccc(F)cc3)c(=O)[nH]2)CC1. The van der Waals surface area contributed by atoms with E-state index in [9.17, 15) is 14.0 Å². The van der Waals surface area contributed by atoms with E-state index in [2.05, 4.69) is 15.2 Å². The summed E-state index contributed by atoms with van der Waals surface area (Å²) in [5, 5.41) is 8.15. The molecular formula is C18H21FN4O3. The number of aromatic nitrogens is 3. The van der Waals surface area contributed by atoms with Crippen LogP contribution in [0.1, 0.15) is 31.0 Å². The zero-order valence-electron chi connectivity index (χ0n) is 14.6. The Labute approximate surface area is 150 Å². The Morgan fingerprint density at radius 2 is 1.96 bits per heavy atom. The summed E-state index contributed by atoms with van der Waals surface area (Å²) in [5.74, 6) is -0.194. The number of halogens is 1. The van der Waals surface area contributed by atoms with Crippen molar-refractivity contribution in [3.05, 3.63) is 51.7 Å². The molecule has 0 amide bonds. The molecule has 1 fully saturated rings. The average Bonchev–Trinajstić information content (AvgIpc) is 2.65. The van der Waals surface area contributed by atoms with E-state index in [1.807, 2.05) is 4.90 Å². The highest BCUT2D eigenvalue weighted by atomic mass is 19.1. The normalized spacial score (nSPS) is 15.1. The van der Waals surface area contributed by atoms with Crippen LogP contribution in [-0.2, 0) is 16.0 Å². The first-order valence-electron chi connectivity index (χ1n) is 8.68. The molecular weight excluding hydrogens is 339 g/mol. The molecule has 8 heteroatoms. The molecule has 2 heterocycles. The van der Waals surface area contributed by atoms with E-state index < -0.39 is 0 Å². The predicted molar refractivity (Wildman–Crippen MR) is 93.4 cm³/mol. The van der Waals surface area contributed by atoms with Gasteiger partial charge < -0.3 is 9.64 Å². The van der Waals surface area contributed by atoms with Crippen molar-refractivity contribution < 1.29 is 13.9 Å². The molecule has 1 saturated heterocycles. The number of piperidine rings is 1. The Bertz CT molecular complexity index is 814. The fourth-order valence-corrected chi connectivity index (χ4v) is 2.99. The van der Waals surface area contributed by atoms with Crippen LogP contribution in [0.25, 0.3) is 0 Å². The van der Waals surface area contributed by atoms with Crippen molar-refractivity contribution >= 4 is 11.9 Å². The van der Waals surface area contributed by atoms with E-state index in [0.717, 1.165) is 5.56 Å². The Kier molecular flexibility index (Phi) is 5.60. The summed E-state index contributed by atoms with van der Waals surface area (Å²) in [6, 6.07) is 5.92. The number of esters is 1. The molecule has 0 atom stereocenters. The van der Waals surface area contributed by atoms with Gasteiger partial charge in [-0.2, -0.15) is 0 Å². The van der Waals surface area contributed by atoms with Gasteiger partial charge in [-0.3, -0.25) is 14.6 Å². The van der Waals surface area contributed by atoms with Gasteiger partial charge in [0.15, 0.2) is 0 Å². The van der Waals surface area contributed by atoms with E-state index in [-0.39, 0.29) is 35.4 Å². The summed E-state index contributed by atoms with van der Waals surface area (Å²) < 4.78 is 18.0. The zero-order chi connectivity index (χ0) is 18.5. The van der Waals surface area contributed by atoms with Gasteiger partial charge in [0.25, 0.3) is 5.56 Å². The third-order valence-electron chi connectivity index (χ3n) is 4.45. The molecule has 1 aliphatic heterocycles. The lowest BCUT2D eigenvalue weighted by Crippen LogP contribution is -2.39. The van der Waals surface area contributed by atoms with Crippen LogP contribution in [0.3, 0.4) is 0 Å². The van der Waals surface area contributed by atoms with Crippen LogP contribution in [0, 0.1) is 11.7 Å². The fourth-order valence-electron chi connectivity index (χ4n) is 2.99. The van der Waals surface area contributed by atoms with Gasteiger partial charge in [-0.25, -0.2) is 4.39 Å². The van der Waals surface area contributed by atoms with Gasteiger partial charge in [0.05, 0.1) is 12.5 Å². The number of rotatable bonds is 5. The quantitative estimate of drug-likeness (QED) is 0.816. The average molecular weight is 360 g/mol. The van der Waals surface area contributed by atoms with Crippen LogP contribution in [0.4, 0.5) is 10.3 Å². The second kappa shape index (κ2) is 8.07. The molecule has 7 nitrogen and oxygen atoms in total. The monoisotopic (exact) mass is 360 g/mol. The Morgan fingerprint density at radius 3 is 2.58 bits per heavy atom. The maximum absolute atomic E-state index is 13.0. The Balaban J connectivity index is 1.64. The van der Waals surface area contributed by atoms with Crippen molar-refractivity contribution in [3.63, 3.8) is 0 Å². The van der Waals surface area contributed by atoms with Crippen molar-refractivity contribution in [2.24, 2.45) is 5.92 Å². The Morgan fingerprint density at radius 1 is 1.27 bits per heavy atom. The molecule has 1 aromatic carbocycles. The lowest BCUT2D eigenvalue weighted by atomic mass is 9.97. The van der Waals surface area contributed by atoms with Gasteiger partial charge in [-0.15, -0.1) is 10.2 Å². The summed E-state index contributed by atoms with van der Waals surface area (Å²) in [5.41, 5.74) is 0.753. The third kappa shape index (κ3) is 4.25. The number of H-pyrrole nitrogens is 1. The predicted octanol–water partition coefficient (Wildman–Crippen LogP) is 1.67. The zero-order valence-corrected chi connectivity index (χ0v) is 14.6. The molecule has 0 aliphatic carbocycles. The molecule has 0 spiro atoms. The number of carbonyl (C=O) groups excluding carboxylic acids is 1. The molecule has 138 valence electrons. The van der Waals surface area contributed by atoms with Crippen molar-refractivity contribution in [1.29, 1.82) is 0 Å². The molecule has 26 heavy (non-hydrogen) atoms. The number of benzene rings is 1. The standard InChI is InChI=1S/C18H21FN4O3/c1-2-26-17(25)13-7-9-23(10-8-13)18-20-16(24)15(21-22-18)11-12-3-5-14(19)6-4-12/h3-6,13H,2,7-11H2,1H3,(H,20,22,24). The Hall–Kier alpha value is -2.77. The van der Waals surface area contributed by atoms with E-state index in [0.29, 0.717) is 38.5 Å². The molecule has 1 N–H and O–H groups in total. The number of hydrogen-bond donors (Lipinski definition) is 1. The minimum Gasteiger partial charge on any atom is -0.466 e. The van der Waals surface area contributed by atoms with E-state index in [1.54, 1.807) is 19.1 Å². The van der Waals surface area contributed by atoms with Crippen LogP contribution in [0.15, 0.2) is 29.1 Å². The summed E-state index contributed by atoms with van der Waals surface area (Å²) in [4.78, 5) is 28.7. The lowest BCUT2D eigenvalue weighted by Gasteiger charge is -2.30. The minimum absolute atomic E-state index is 0.108. The topological polar surface area (TPSA) is 88.2 Å². The smallest absolute Gasteiger partial charge is 0.309 e. The highest BCUT2D eigenvalue weighted by molar-refractivity contribution is 5.72. The van der Waals surface area contributed by atoms with E-state index in [1.165, 1.54) is 12.1 Å². The van der Waals surface area contributed by atoms with E-state index in [4.69, 9.17) is 4.74 Å². The van der Waals surface area contributed by atoms with Crippen LogP contribution >= 0.6 is 0 Å². The van der Waals surface area contributed by atoms with Crippen molar-refractivity contribution in [1.82, 2.24) is 15.2 Å². The molecule has 1 aromatic heterocycles. The molecule has 1 aliphatic rings. The van der Waals surface area contributed by atoms with Crippen molar-refractivity contribution in [2.45, 2.75) is 26.2 Å². The molecule has 0 unspecified atom stereocenters. The highest BCUT2D eigenvalue weighted by Gasteiger charge is 2.27. The number of nitrogens with zero attached hydrogens (tertiary/aromatic N) is 3. The van der Waals surface area contributed by atoms with Gasteiger partial charge in [-0.05, 0) is 37.5 Å². The van der Waals surface area contributed by atoms with E-state index >= 15 is 0 Å². The first kappa shape index (κ1) is 18.0. The second-order valence-electron chi connectivity index (χ2n) is 6.24. The number of carbonyl (C=O) groups is 1. The molecule has 0 radical (unpaired) electrons. The van der Waals surface area contributed by atoms with Gasteiger partial charge in [0.2, 0.25) is 5.95 Å². The van der Waals surface area contributed by atoms with Gasteiger partial charge >= 0.3 is 5.97 Å². The molecule has 2 aromatic rings. The maximum Gasteiger partial charge on any atom is 0.309 e. The number of hydrogen-bond acceptors (Lipinski definition) is 6. The first-order chi connectivity index (χ1) is 12.6. The van der Waals surface area contributed by atoms with Gasteiger partial charge in [0, 0.05) is 19.5 Å². The second-order valence-corrected chi connectivity index (χ2v) is 6.24.